The van der Waals surface area contributed by atoms with E-state index in [1.807, 2.05) is 6.92 Å². The van der Waals surface area contributed by atoms with Crippen LogP contribution in [-0.2, 0) is 14.8 Å². The number of benzene rings is 2. The summed E-state index contributed by atoms with van der Waals surface area (Å²) in [7, 11) is -3.92. The van der Waals surface area contributed by atoms with Crippen molar-refractivity contribution in [2.75, 3.05) is 10.0 Å². The number of rotatable bonds is 9. The molecule has 1 unspecified atom stereocenters. The van der Waals surface area contributed by atoms with E-state index in [9.17, 15) is 18.0 Å². The Balaban J connectivity index is 2.18. The summed E-state index contributed by atoms with van der Waals surface area (Å²) in [6.45, 7) is 1.96. The first-order chi connectivity index (χ1) is 13.7. The third-order valence-corrected chi connectivity index (χ3v) is 5.70. The van der Waals surface area contributed by atoms with Gasteiger partial charge < -0.3 is 16.4 Å². The highest BCUT2D eigenvalue weighted by molar-refractivity contribution is 7.92. The minimum atomic E-state index is -3.92. The molecule has 5 N–H and O–H groups in total. The van der Waals surface area contributed by atoms with Gasteiger partial charge in [-0.3, -0.25) is 9.52 Å². The summed E-state index contributed by atoms with van der Waals surface area (Å²) in [4.78, 5) is 23.6. The normalized spacial score (nSPS) is 12.1. The second-order valence-corrected chi connectivity index (χ2v) is 8.40. The number of halogens is 1. The molecule has 0 saturated carbocycles. The minimum absolute atomic E-state index is 0.0526. The first-order valence-corrected chi connectivity index (χ1v) is 10.8. The van der Waals surface area contributed by atoms with E-state index in [0.29, 0.717) is 12.8 Å². The first kappa shape index (κ1) is 22.5. The van der Waals surface area contributed by atoms with Crippen LogP contribution in [0.15, 0.2) is 53.4 Å². The van der Waals surface area contributed by atoms with E-state index in [0.717, 1.165) is 6.42 Å². The molecule has 0 aromatic heterocycles. The predicted molar refractivity (Wildman–Crippen MR) is 113 cm³/mol. The highest BCUT2D eigenvalue weighted by Crippen LogP contribution is 2.25. The van der Waals surface area contributed by atoms with Gasteiger partial charge in [-0.2, -0.15) is 0 Å². The van der Waals surface area contributed by atoms with Gasteiger partial charge in [0, 0.05) is 5.69 Å². The molecule has 0 aliphatic carbocycles. The Kier molecular flexibility index (Phi) is 7.86. The van der Waals surface area contributed by atoms with Crippen LogP contribution in [0, 0.1) is 0 Å². The van der Waals surface area contributed by atoms with E-state index in [2.05, 4.69) is 15.4 Å². The number of carbonyl (C=O) groups excluding carboxylic acids is 2. The van der Waals surface area contributed by atoms with Crippen molar-refractivity contribution >= 4 is 44.9 Å². The number of anilines is 2. The third kappa shape index (κ3) is 6.65. The number of nitrogens with two attached hydrogens (primary N) is 1. The van der Waals surface area contributed by atoms with Crippen molar-refractivity contribution in [2.45, 2.75) is 37.1 Å². The van der Waals surface area contributed by atoms with Crippen molar-refractivity contribution in [1.82, 2.24) is 5.32 Å². The molecule has 0 spiro atoms. The number of primary amides is 1. The lowest BCUT2D eigenvalue weighted by Gasteiger charge is -2.17. The van der Waals surface area contributed by atoms with Crippen molar-refractivity contribution in [1.29, 1.82) is 0 Å². The Morgan fingerprint density at radius 2 is 1.86 bits per heavy atom. The second kappa shape index (κ2) is 10.1. The van der Waals surface area contributed by atoms with Gasteiger partial charge >= 0.3 is 6.03 Å². The van der Waals surface area contributed by atoms with Crippen LogP contribution in [0.2, 0.25) is 5.02 Å². The molecular weight excluding hydrogens is 416 g/mol. The van der Waals surface area contributed by atoms with Crippen molar-refractivity contribution in [3.63, 3.8) is 0 Å². The number of carbonyl (C=O) groups is 2. The largest absolute Gasteiger partial charge is 0.352 e. The van der Waals surface area contributed by atoms with E-state index < -0.39 is 28.0 Å². The van der Waals surface area contributed by atoms with Crippen LogP contribution in [-0.4, -0.2) is 26.4 Å². The summed E-state index contributed by atoms with van der Waals surface area (Å²) in [5, 5.41) is 5.28. The highest BCUT2D eigenvalue weighted by Gasteiger charge is 2.21. The lowest BCUT2D eigenvalue weighted by atomic mass is 10.1. The summed E-state index contributed by atoms with van der Waals surface area (Å²) in [5.41, 5.74) is 5.65. The van der Waals surface area contributed by atoms with Gasteiger partial charge in [0.15, 0.2) is 0 Å². The summed E-state index contributed by atoms with van der Waals surface area (Å²) >= 11 is 6.01. The van der Waals surface area contributed by atoms with Gasteiger partial charge in [0.25, 0.3) is 10.0 Å². The topological polar surface area (TPSA) is 130 Å². The molecule has 0 saturated heterocycles. The Morgan fingerprint density at radius 3 is 2.52 bits per heavy atom. The molecule has 0 radical (unpaired) electrons. The molecule has 3 amide bonds. The Labute approximate surface area is 174 Å². The monoisotopic (exact) mass is 438 g/mol. The standard InChI is InChI=1S/C19H23ClN4O4S/c1-2-3-10-17(23-19(21)26)18(25)22-13-7-6-8-14(12-13)29(27,28)24-16-11-5-4-9-15(16)20/h4-9,11-12,17,24H,2-3,10H2,1H3,(H,22,25)(H3,21,23,26). The molecule has 156 valence electrons. The molecule has 0 fully saturated rings. The number of sulfonamides is 1. The number of para-hydroxylation sites is 1. The van der Waals surface area contributed by atoms with Crippen LogP contribution in [0.4, 0.5) is 16.2 Å². The summed E-state index contributed by atoms with van der Waals surface area (Å²) in [5.74, 6) is -0.481. The van der Waals surface area contributed by atoms with E-state index in [1.54, 1.807) is 30.3 Å². The van der Waals surface area contributed by atoms with Crippen molar-refractivity contribution in [3.8, 4) is 0 Å². The number of hydrogen-bond donors (Lipinski definition) is 4. The fourth-order valence-corrected chi connectivity index (χ4v) is 3.93. The SMILES string of the molecule is CCCCC(NC(N)=O)C(=O)Nc1cccc(S(=O)(=O)Nc2ccccc2Cl)c1. The van der Waals surface area contributed by atoms with E-state index in [-0.39, 0.29) is 21.3 Å². The minimum Gasteiger partial charge on any atom is -0.352 e. The maximum absolute atomic E-state index is 12.7. The zero-order valence-electron chi connectivity index (χ0n) is 15.8. The molecule has 0 heterocycles. The second-order valence-electron chi connectivity index (χ2n) is 6.31. The van der Waals surface area contributed by atoms with Crippen molar-refractivity contribution in [3.05, 3.63) is 53.6 Å². The number of unbranched alkanes of at least 4 members (excludes halogenated alkanes) is 1. The van der Waals surface area contributed by atoms with Gasteiger partial charge in [0.2, 0.25) is 5.91 Å². The van der Waals surface area contributed by atoms with Crippen LogP contribution in [0.1, 0.15) is 26.2 Å². The third-order valence-electron chi connectivity index (χ3n) is 4.01. The molecule has 29 heavy (non-hydrogen) atoms. The van der Waals surface area contributed by atoms with Gasteiger partial charge in [-0.25, -0.2) is 13.2 Å². The van der Waals surface area contributed by atoms with Gasteiger partial charge in [-0.1, -0.05) is 49.6 Å². The quantitative estimate of drug-likeness (QED) is 0.478. The van der Waals surface area contributed by atoms with Gasteiger partial charge in [0.05, 0.1) is 15.6 Å². The Hall–Kier alpha value is -2.78. The maximum Gasteiger partial charge on any atom is 0.312 e. The van der Waals surface area contributed by atoms with Crippen LogP contribution in [0.25, 0.3) is 0 Å². The number of amides is 3. The molecule has 8 nitrogen and oxygen atoms in total. The summed E-state index contributed by atoms with van der Waals surface area (Å²) in [6.07, 6.45) is 1.97. The number of hydrogen-bond acceptors (Lipinski definition) is 4. The van der Waals surface area contributed by atoms with Gasteiger partial charge in [-0.05, 0) is 36.8 Å². The molecule has 10 heteroatoms. The summed E-state index contributed by atoms with van der Waals surface area (Å²) in [6, 6.07) is 10.6. The summed E-state index contributed by atoms with van der Waals surface area (Å²) < 4.78 is 27.7. The zero-order chi connectivity index (χ0) is 21.4. The fraction of sp³-hybridized carbons (Fsp3) is 0.263. The molecule has 0 aliphatic rings. The molecule has 2 aromatic carbocycles. The average molecular weight is 439 g/mol. The van der Waals surface area contributed by atoms with Gasteiger partial charge in [0.1, 0.15) is 6.04 Å². The predicted octanol–water partition coefficient (Wildman–Crippen LogP) is 3.31. The Bertz CT molecular complexity index is 982. The molecule has 1 atom stereocenters. The van der Waals surface area contributed by atoms with Crippen LogP contribution in [0.3, 0.4) is 0 Å². The van der Waals surface area contributed by atoms with Crippen LogP contribution < -0.4 is 21.1 Å². The lowest BCUT2D eigenvalue weighted by molar-refractivity contribution is -0.118. The van der Waals surface area contributed by atoms with Crippen molar-refractivity contribution in [2.24, 2.45) is 5.73 Å². The molecule has 0 bridgehead atoms. The number of urea groups is 1. The number of nitrogens with one attached hydrogen (secondary N) is 3. The van der Waals surface area contributed by atoms with Crippen LogP contribution in [0.5, 0.6) is 0 Å². The van der Waals surface area contributed by atoms with Crippen LogP contribution >= 0.6 is 11.6 Å². The van der Waals surface area contributed by atoms with E-state index >= 15 is 0 Å². The Morgan fingerprint density at radius 1 is 1.14 bits per heavy atom. The molecule has 2 rings (SSSR count). The van der Waals surface area contributed by atoms with Gasteiger partial charge in [-0.15, -0.1) is 0 Å². The smallest absolute Gasteiger partial charge is 0.312 e. The first-order valence-electron chi connectivity index (χ1n) is 8.97. The zero-order valence-corrected chi connectivity index (χ0v) is 17.4. The van der Waals surface area contributed by atoms with Crippen molar-refractivity contribution < 1.29 is 18.0 Å². The molecular formula is C19H23ClN4O4S. The molecule has 0 aliphatic heterocycles. The van der Waals surface area contributed by atoms with E-state index in [1.165, 1.54) is 18.2 Å². The van der Waals surface area contributed by atoms with E-state index in [4.69, 9.17) is 17.3 Å². The highest BCUT2D eigenvalue weighted by atomic mass is 35.5. The lowest BCUT2D eigenvalue weighted by Crippen LogP contribution is -2.46. The molecule has 2 aromatic rings. The maximum atomic E-state index is 12.7. The average Bonchev–Trinajstić information content (AvgIpc) is 2.66. The fourth-order valence-electron chi connectivity index (χ4n) is 2.57.